The SMILES string of the molecule is COc1cc(-c2cc(CN(C[C@@H]3CCCO3)C(=O)[C@H](C)Cl)no2)cc(OC)c1OC. The van der Waals surface area contributed by atoms with E-state index in [0.29, 0.717) is 40.8 Å². The van der Waals surface area contributed by atoms with Gasteiger partial charge in [-0.25, -0.2) is 0 Å². The Balaban J connectivity index is 1.82. The van der Waals surface area contributed by atoms with Gasteiger partial charge in [0.25, 0.3) is 0 Å². The van der Waals surface area contributed by atoms with E-state index in [4.69, 9.17) is 35.1 Å². The van der Waals surface area contributed by atoms with E-state index in [1.54, 1.807) is 51.4 Å². The molecule has 1 aliphatic heterocycles. The highest BCUT2D eigenvalue weighted by atomic mass is 35.5. The minimum atomic E-state index is -0.632. The number of alkyl halides is 1. The molecule has 1 amide bonds. The molecule has 1 saturated heterocycles. The monoisotopic (exact) mass is 438 g/mol. The Bertz CT molecular complexity index is 838. The summed E-state index contributed by atoms with van der Waals surface area (Å²) >= 11 is 6.06. The maximum atomic E-state index is 12.6. The first-order valence-electron chi connectivity index (χ1n) is 9.77. The quantitative estimate of drug-likeness (QED) is 0.554. The minimum Gasteiger partial charge on any atom is -0.493 e. The molecule has 9 heteroatoms. The third-order valence-corrected chi connectivity index (χ3v) is 5.15. The highest BCUT2D eigenvalue weighted by Crippen LogP contribution is 2.41. The molecule has 1 aromatic carbocycles. The van der Waals surface area contributed by atoms with E-state index < -0.39 is 5.38 Å². The summed E-state index contributed by atoms with van der Waals surface area (Å²) in [7, 11) is 4.65. The van der Waals surface area contributed by atoms with Crippen LogP contribution in [0.1, 0.15) is 25.5 Å². The van der Waals surface area contributed by atoms with Crippen LogP contribution in [0.15, 0.2) is 22.7 Å². The lowest BCUT2D eigenvalue weighted by Gasteiger charge is -2.25. The first kappa shape index (κ1) is 22.2. The lowest BCUT2D eigenvalue weighted by Crippen LogP contribution is -2.40. The summed E-state index contributed by atoms with van der Waals surface area (Å²) in [4.78, 5) is 14.3. The molecule has 1 aliphatic rings. The van der Waals surface area contributed by atoms with Crippen molar-refractivity contribution in [3.63, 3.8) is 0 Å². The number of carbonyl (C=O) groups excluding carboxylic acids is 1. The summed E-state index contributed by atoms with van der Waals surface area (Å²) in [6, 6.07) is 5.35. The van der Waals surface area contributed by atoms with Crippen molar-refractivity contribution < 1.29 is 28.3 Å². The summed E-state index contributed by atoms with van der Waals surface area (Å²) in [6.45, 7) is 3.14. The number of methoxy groups -OCH3 is 3. The van der Waals surface area contributed by atoms with Gasteiger partial charge in [0.15, 0.2) is 17.3 Å². The highest BCUT2D eigenvalue weighted by Gasteiger charge is 2.26. The van der Waals surface area contributed by atoms with E-state index in [1.165, 1.54) is 0 Å². The van der Waals surface area contributed by atoms with Gasteiger partial charge < -0.3 is 28.4 Å². The molecule has 0 N–H and O–H groups in total. The van der Waals surface area contributed by atoms with Crippen LogP contribution in [0, 0.1) is 0 Å². The molecule has 0 saturated carbocycles. The molecule has 0 aliphatic carbocycles. The molecule has 164 valence electrons. The van der Waals surface area contributed by atoms with Gasteiger partial charge in [0, 0.05) is 24.8 Å². The average molecular weight is 439 g/mol. The van der Waals surface area contributed by atoms with Crippen molar-refractivity contribution >= 4 is 17.5 Å². The Morgan fingerprint density at radius 3 is 2.47 bits per heavy atom. The second-order valence-corrected chi connectivity index (χ2v) is 7.72. The summed E-state index contributed by atoms with van der Waals surface area (Å²) < 4.78 is 27.4. The predicted octanol–water partition coefficient (Wildman–Crippen LogP) is 3.50. The summed E-state index contributed by atoms with van der Waals surface area (Å²) in [5.74, 6) is 1.87. The maximum Gasteiger partial charge on any atom is 0.240 e. The smallest absolute Gasteiger partial charge is 0.240 e. The van der Waals surface area contributed by atoms with E-state index in [0.717, 1.165) is 19.4 Å². The largest absolute Gasteiger partial charge is 0.493 e. The normalized spacial score (nSPS) is 16.9. The van der Waals surface area contributed by atoms with Gasteiger partial charge in [-0.15, -0.1) is 11.6 Å². The fourth-order valence-corrected chi connectivity index (χ4v) is 3.60. The number of benzene rings is 1. The Hall–Kier alpha value is -2.45. The number of halogens is 1. The number of carbonyl (C=O) groups is 1. The zero-order valence-corrected chi connectivity index (χ0v) is 18.4. The van der Waals surface area contributed by atoms with E-state index in [9.17, 15) is 4.79 Å². The molecule has 0 spiro atoms. The summed E-state index contributed by atoms with van der Waals surface area (Å²) in [5.41, 5.74) is 1.33. The summed E-state index contributed by atoms with van der Waals surface area (Å²) in [6.07, 6.45) is 1.94. The Labute approximate surface area is 181 Å². The van der Waals surface area contributed by atoms with Crippen molar-refractivity contribution in [2.24, 2.45) is 0 Å². The van der Waals surface area contributed by atoms with Crippen LogP contribution in [0.4, 0.5) is 0 Å². The topological polar surface area (TPSA) is 83.3 Å². The zero-order chi connectivity index (χ0) is 21.7. The second-order valence-electron chi connectivity index (χ2n) is 7.07. The molecular weight excluding hydrogens is 412 g/mol. The summed E-state index contributed by atoms with van der Waals surface area (Å²) in [5, 5.41) is 3.50. The lowest BCUT2D eigenvalue weighted by molar-refractivity contribution is -0.132. The molecule has 1 aromatic heterocycles. The van der Waals surface area contributed by atoms with Gasteiger partial charge in [0.05, 0.1) is 34.0 Å². The Morgan fingerprint density at radius 2 is 1.93 bits per heavy atom. The molecular formula is C21H27ClN2O6. The van der Waals surface area contributed by atoms with Crippen LogP contribution >= 0.6 is 11.6 Å². The number of hydrogen-bond donors (Lipinski definition) is 0. The van der Waals surface area contributed by atoms with Gasteiger partial charge in [-0.1, -0.05) is 5.16 Å². The van der Waals surface area contributed by atoms with E-state index in [-0.39, 0.29) is 18.6 Å². The van der Waals surface area contributed by atoms with Gasteiger partial charge in [0.1, 0.15) is 11.1 Å². The average Bonchev–Trinajstić information content (AvgIpc) is 3.43. The van der Waals surface area contributed by atoms with Crippen LogP contribution in [-0.4, -0.2) is 61.9 Å². The van der Waals surface area contributed by atoms with Gasteiger partial charge in [-0.3, -0.25) is 4.79 Å². The van der Waals surface area contributed by atoms with Gasteiger partial charge >= 0.3 is 0 Å². The number of ether oxygens (including phenoxy) is 4. The Kier molecular flexibility index (Phi) is 7.44. The maximum absolute atomic E-state index is 12.6. The molecule has 0 bridgehead atoms. The number of rotatable bonds is 9. The first-order chi connectivity index (χ1) is 14.5. The van der Waals surface area contributed by atoms with Gasteiger partial charge in [-0.05, 0) is 31.9 Å². The molecule has 0 radical (unpaired) electrons. The van der Waals surface area contributed by atoms with Crippen LogP contribution in [0.5, 0.6) is 17.2 Å². The highest BCUT2D eigenvalue weighted by molar-refractivity contribution is 6.30. The van der Waals surface area contributed by atoms with E-state index in [1.807, 2.05) is 0 Å². The van der Waals surface area contributed by atoms with Crippen LogP contribution < -0.4 is 14.2 Å². The fourth-order valence-electron chi connectivity index (χ4n) is 3.46. The third kappa shape index (κ3) is 4.99. The van der Waals surface area contributed by atoms with Gasteiger partial charge in [-0.2, -0.15) is 0 Å². The second kappa shape index (κ2) is 10.0. The first-order valence-corrected chi connectivity index (χ1v) is 10.2. The molecule has 1 fully saturated rings. The Morgan fingerprint density at radius 1 is 1.23 bits per heavy atom. The number of amides is 1. The number of aromatic nitrogens is 1. The molecule has 30 heavy (non-hydrogen) atoms. The van der Waals surface area contributed by atoms with Crippen molar-refractivity contribution in [3.05, 3.63) is 23.9 Å². The van der Waals surface area contributed by atoms with Crippen molar-refractivity contribution in [1.29, 1.82) is 0 Å². The van der Waals surface area contributed by atoms with Crippen molar-refractivity contribution in [2.75, 3.05) is 34.5 Å². The standard InChI is InChI=1S/C21H27ClN2O6/c1-13(22)21(25)24(12-16-6-5-7-29-16)11-15-10-17(30-23-15)14-8-18(26-2)20(28-4)19(9-14)27-3/h8-10,13,16H,5-7,11-12H2,1-4H3/t13-,16-/m0/s1. The van der Waals surface area contributed by atoms with E-state index >= 15 is 0 Å². The van der Waals surface area contributed by atoms with Gasteiger partial charge in [0.2, 0.25) is 11.7 Å². The number of nitrogens with zero attached hydrogens (tertiary/aromatic N) is 2. The van der Waals surface area contributed by atoms with Crippen molar-refractivity contribution in [1.82, 2.24) is 10.1 Å². The van der Waals surface area contributed by atoms with Crippen LogP contribution in [-0.2, 0) is 16.1 Å². The predicted molar refractivity (Wildman–Crippen MR) is 111 cm³/mol. The van der Waals surface area contributed by atoms with Crippen molar-refractivity contribution in [2.45, 2.75) is 37.8 Å². The molecule has 0 unspecified atom stereocenters. The van der Waals surface area contributed by atoms with Crippen LogP contribution in [0.25, 0.3) is 11.3 Å². The molecule has 2 aromatic rings. The fraction of sp³-hybridized carbons (Fsp3) is 0.524. The molecule has 8 nitrogen and oxygen atoms in total. The van der Waals surface area contributed by atoms with Crippen LogP contribution in [0.2, 0.25) is 0 Å². The molecule has 3 rings (SSSR count). The van der Waals surface area contributed by atoms with E-state index in [2.05, 4.69) is 5.16 Å². The van der Waals surface area contributed by atoms with Crippen LogP contribution in [0.3, 0.4) is 0 Å². The third-order valence-electron chi connectivity index (χ3n) is 4.96. The zero-order valence-electron chi connectivity index (χ0n) is 17.6. The van der Waals surface area contributed by atoms with Crippen molar-refractivity contribution in [3.8, 4) is 28.6 Å². The number of hydrogen-bond acceptors (Lipinski definition) is 7. The molecule has 2 heterocycles. The molecule has 2 atom stereocenters. The minimum absolute atomic E-state index is 0.0193. The lowest BCUT2D eigenvalue weighted by atomic mass is 10.1.